The summed E-state index contributed by atoms with van der Waals surface area (Å²) in [4.78, 5) is 13.8. The fourth-order valence-corrected chi connectivity index (χ4v) is 4.45. The number of carbonyl (C=O) groups excluding carboxylic acids is 1. The van der Waals surface area contributed by atoms with E-state index in [1.54, 1.807) is 11.8 Å². The van der Waals surface area contributed by atoms with Crippen molar-refractivity contribution in [3.63, 3.8) is 0 Å². The summed E-state index contributed by atoms with van der Waals surface area (Å²) in [5.41, 5.74) is 0.462. The molecule has 3 rings (SSSR count). The number of nitrogens with zero attached hydrogens (tertiary/aromatic N) is 1. The lowest BCUT2D eigenvalue weighted by Gasteiger charge is -2.35. The smallest absolute Gasteiger partial charge is 0.229 e. The molecule has 0 saturated heterocycles. The highest BCUT2D eigenvalue weighted by Crippen LogP contribution is 2.40. The molecule has 1 aromatic rings. The van der Waals surface area contributed by atoms with Crippen LogP contribution in [0.3, 0.4) is 0 Å². The molecule has 1 atom stereocenters. The topological polar surface area (TPSA) is 52.9 Å². The van der Waals surface area contributed by atoms with Crippen molar-refractivity contribution < 1.29 is 4.79 Å². The van der Waals surface area contributed by atoms with Gasteiger partial charge in [-0.3, -0.25) is 4.79 Å². The van der Waals surface area contributed by atoms with Crippen LogP contribution in [0.1, 0.15) is 44.1 Å². The van der Waals surface area contributed by atoms with Crippen LogP contribution in [0.5, 0.6) is 0 Å². The summed E-state index contributed by atoms with van der Waals surface area (Å²) in [5, 5.41) is 12.6. The molecule has 0 radical (unpaired) electrons. The Bertz CT molecular complexity index is 585. The number of hydrogen-bond acceptors (Lipinski definition) is 3. The fraction of sp³-hybridized carbons (Fsp3) is 0.529. The molecule has 1 amide bonds. The van der Waals surface area contributed by atoms with Crippen molar-refractivity contribution in [1.29, 1.82) is 5.26 Å². The van der Waals surface area contributed by atoms with Crippen molar-refractivity contribution >= 4 is 17.7 Å². The Labute approximate surface area is 130 Å². The number of carbonyl (C=O) groups is 1. The number of nitrogens with one attached hydrogen (secondary N) is 1. The number of nitriles is 1. The second-order valence-electron chi connectivity index (χ2n) is 6.27. The third-order valence-electron chi connectivity index (χ3n) is 4.72. The van der Waals surface area contributed by atoms with E-state index in [-0.39, 0.29) is 11.8 Å². The number of hydrogen-bond donors (Lipinski definition) is 1. The van der Waals surface area contributed by atoms with Crippen LogP contribution in [0.2, 0.25) is 0 Å². The summed E-state index contributed by atoms with van der Waals surface area (Å²) < 4.78 is 0. The standard InChI is InChI=1S/C17H20N2OS/c1-12-6-8-17(11-18,9-7-12)19-16(20)14-10-21-15-5-3-2-4-13(14)15/h2-5,12,14H,6-10H2,1H3,(H,19,20). The molecule has 1 fully saturated rings. The van der Waals surface area contributed by atoms with Gasteiger partial charge in [-0.1, -0.05) is 25.1 Å². The van der Waals surface area contributed by atoms with Gasteiger partial charge in [0.05, 0.1) is 12.0 Å². The van der Waals surface area contributed by atoms with Crippen molar-refractivity contribution in [2.45, 2.75) is 49.0 Å². The Morgan fingerprint density at radius 2 is 2.10 bits per heavy atom. The van der Waals surface area contributed by atoms with Gasteiger partial charge in [0.15, 0.2) is 0 Å². The van der Waals surface area contributed by atoms with Gasteiger partial charge in [-0.05, 0) is 43.2 Å². The molecule has 1 aliphatic heterocycles. The van der Waals surface area contributed by atoms with Gasteiger partial charge in [0, 0.05) is 10.6 Å². The lowest BCUT2D eigenvalue weighted by Crippen LogP contribution is -2.51. The quantitative estimate of drug-likeness (QED) is 0.910. The summed E-state index contributed by atoms with van der Waals surface area (Å²) in [6.07, 6.45) is 3.59. The minimum Gasteiger partial charge on any atom is -0.337 e. The summed E-state index contributed by atoms with van der Waals surface area (Å²) in [7, 11) is 0. The van der Waals surface area contributed by atoms with Gasteiger partial charge in [-0.2, -0.15) is 5.26 Å². The molecule has 21 heavy (non-hydrogen) atoms. The lowest BCUT2D eigenvalue weighted by molar-refractivity contribution is -0.123. The van der Waals surface area contributed by atoms with Crippen LogP contribution < -0.4 is 5.32 Å². The summed E-state index contributed by atoms with van der Waals surface area (Å²) in [6, 6.07) is 10.5. The summed E-state index contributed by atoms with van der Waals surface area (Å²) >= 11 is 1.73. The Kier molecular flexibility index (Phi) is 3.95. The number of amides is 1. The predicted molar refractivity (Wildman–Crippen MR) is 84.0 cm³/mol. The maximum Gasteiger partial charge on any atom is 0.229 e. The molecule has 4 heteroatoms. The van der Waals surface area contributed by atoms with E-state index in [2.05, 4.69) is 24.4 Å². The largest absolute Gasteiger partial charge is 0.337 e. The molecule has 3 nitrogen and oxygen atoms in total. The van der Waals surface area contributed by atoms with Crippen LogP contribution >= 0.6 is 11.8 Å². The Balaban J connectivity index is 1.74. The normalized spacial score (nSPS) is 31.2. The van der Waals surface area contributed by atoms with Crippen LogP contribution in [0.15, 0.2) is 29.2 Å². The number of fused-ring (bicyclic) bond motifs is 1. The SMILES string of the molecule is CC1CCC(C#N)(NC(=O)C2CSc3ccccc32)CC1. The molecule has 1 saturated carbocycles. The first-order chi connectivity index (χ1) is 10.1. The van der Waals surface area contributed by atoms with Crippen molar-refractivity contribution in [3.8, 4) is 6.07 Å². The lowest BCUT2D eigenvalue weighted by atomic mass is 9.77. The molecular weight excluding hydrogens is 280 g/mol. The highest BCUT2D eigenvalue weighted by molar-refractivity contribution is 7.99. The highest BCUT2D eigenvalue weighted by atomic mass is 32.2. The van der Waals surface area contributed by atoms with Crippen LogP contribution in [0.4, 0.5) is 0 Å². The molecule has 0 spiro atoms. The molecule has 1 aromatic carbocycles. The van der Waals surface area contributed by atoms with E-state index in [4.69, 9.17) is 0 Å². The zero-order valence-electron chi connectivity index (χ0n) is 12.3. The van der Waals surface area contributed by atoms with Crippen LogP contribution in [0, 0.1) is 17.2 Å². The molecule has 110 valence electrons. The van der Waals surface area contributed by atoms with Crippen molar-refractivity contribution in [2.24, 2.45) is 5.92 Å². The molecule has 1 aliphatic carbocycles. The van der Waals surface area contributed by atoms with E-state index >= 15 is 0 Å². The minimum absolute atomic E-state index is 0.0172. The Hall–Kier alpha value is -1.47. The van der Waals surface area contributed by atoms with Gasteiger partial charge in [-0.25, -0.2) is 0 Å². The van der Waals surface area contributed by atoms with Crippen molar-refractivity contribution in [1.82, 2.24) is 5.32 Å². The third-order valence-corrected chi connectivity index (χ3v) is 5.90. The van der Waals surface area contributed by atoms with E-state index in [1.807, 2.05) is 18.2 Å². The van der Waals surface area contributed by atoms with Gasteiger partial charge in [0.25, 0.3) is 0 Å². The molecule has 0 bridgehead atoms. The number of benzene rings is 1. The van der Waals surface area contributed by atoms with Gasteiger partial charge >= 0.3 is 0 Å². The fourth-order valence-electron chi connectivity index (χ4n) is 3.22. The highest BCUT2D eigenvalue weighted by Gasteiger charge is 2.39. The minimum atomic E-state index is -0.647. The molecule has 1 N–H and O–H groups in total. The van der Waals surface area contributed by atoms with Crippen LogP contribution in [0.25, 0.3) is 0 Å². The monoisotopic (exact) mass is 300 g/mol. The van der Waals surface area contributed by atoms with E-state index in [9.17, 15) is 10.1 Å². The zero-order valence-corrected chi connectivity index (χ0v) is 13.1. The van der Waals surface area contributed by atoms with Crippen molar-refractivity contribution in [2.75, 3.05) is 5.75 Å². The maximum absolute atomic E-state index is 12.6. The average Bonchev–Trinajstić information content (AvgIpc) is 2.94. The molecule has 0 aromatic heterocycles. The van der Waals surface area contributed by atoms with E-state index in [1.165, 1.54) is 4.90 Å². The number of rotatable bonds is 2. The first kappa shape index (κ1) is 14.5. The molecule has 2 aliphatic rings. The Morgan fingerprint density at radius 3 is 2.81 bits per heavy atom. The van der Waals surface area contributed by atoms with E-state index in [0.29, 0.717) is 5.92 Å². The van der Waals surface area contributed by atoms with Crippen LogP contribution in [-0.2, 0) is 4.79 Å². The molecule has 1 heterocycles. The number of thioether (sulfide) groups is 1. The predicted octanol–water partition coefficient (Wildman–Crippen LogP) is 3.46. The second kappa shape index (κ2) is 5.73. The zero-order chi connectivity index (χ0) is 14.9. The van der Waals surface area contributed by atoms with Gasteiger partial charge in [0.2, 0.25) is 5.91 Å². The summed E-state index contributed by atoms with van der Waals surface area (Å²) in [6.45, 7) is 2.22. The third kappa shape index (κ3) is 2.80. The van der Waals surface area contributed by atoms with Gasteiger partial charge < -0.3 is 5.32 Å². The first-order valence-electron chi connectivity index (χ1n) is 7.58. The second-order valence-corrected chi connectivity index (χ2v) is 7.33. The summed E-state index contributed by atoms with van der Waals surface area (Å²) in [5.74, 6) is 1.34. The van der Waals surface area contributed by atoms with Gasteiger partial charge in [0.1, 0.15) is 5.54 Å². The van der Waals surface area contributed by atoms with Crippen LogP contribution in [-0.4, -0.2) is 17.2 Å². The van der Waals surface area contributed by atoms with E-state index in [0.717, 1.165) is 37.0 Å². The average molecular weight is 300 g/mol. The van der Waals surface area contributed by atoms with Crippen molar-refractivity contribution in [3.05, 3.63) is 29.8 Å². The first-order valence-corrected chi connectivity index (χ1v) is 8.57. The Morgan fingerprint density at radius 1 is 1.38 bits per heavy atom. The maximum atomic E-state index is 12.6. The van der Waals surface area contributed by atoms with E-state index < -0.39 is 5.54 Å². The molecular formula is C17H20N2OS. The van der Waals surface area contributed by atoms with Gasteiger partial charge in [-0.15, -0.1) is 11.8 Å². The molecule has 1 unspecified atom stereocenters.